The van der Waals surface area contributed by atoms with E-state index in [-0.39, 0.29) is 0 Å². The van der Waals surface area contributed by atoms with Crippen LogP contribution in [-0.2, 0) is 23.1 Å². The molecule has 0 atom stereocenters. The quantitative estimate of drug-likeness (QED) is 0.863. The summed E-state index contributed by atoms with van der Waals surface area (Å²) >= 11 is 0. The van der Waals surface area contributed by atoms with Crippen LogP contribution in [-0.4, -0.2) is 26.9 Å². The van der Waals surface area contributed by atoms with Crippen molar-refractivity contribution < 1.29 is 17.9 Å². The molecule has 1 aliphatic rings. The normalized spacial score (nSPS) is 14.6. The van der Waals surface area contributed by atoms with Gasteiger partial charge in [0.05, 0.1) is 19.1 Å². The van der Waals surface area contributed by atoms with E-state index >= 15 is 0 Å². The van der Waals surface area contributed by atoms with Crippen molar-refractivity contribution in [1.82, 2.24) is 4.31 Å². The Labute approximate surface area is 136 Å². The van der Waals surface area contributed by atoms with E-state index in [4.69, 9.17) is 9.47 Å². The summed E-state index contributed by atoms with van der Waals surface area (Å²) in [5, 5.41) is 0. The Balaban J connectivity index is 1.93. The highest BCUT2D eigenvalue weighted by Crippen LogP contribution is 2.36. The van der Waals surface area contributed by atoms with Crippen LogP contribution >= 0.6 is 0 Å². The Hall–Kier alpha value is -2.05. The van der Waals surface area contributed by atoms with Crippen LogP contribution in [0.15, 0.2) is 41.3 Å². The van der Waals surface area contributed by atoms with Crippen LogP contribution in [0.4, 0.5) is 0 Å². The molecule has 0 aliphatic carbocycles. The summed E-state index contributed by atoms with van der Waals surface area (Å²) in [6.45, 7) is 2.61. The van der Waals surface area contributed by atoms with Gasteiger partial charge in [-0.15, -0.1) is 0 Å². The predicted octanol–water partition coefficient (Wildman–Crippen LogP) is 2.72. The highest BCUT2D eigenvalue weighted by molar-refractivity contribution is 7.89. The lowest BCUT2D eigenvalue weighted by molar-refractivity contribution is 0.354. The van der Waals surface area contributed by atoms with Crippen LogP contribution < -0.4 is 9.47 Å². The molecule has 2 aromatic carbocycles. The third-order valence-electron chi connectivity index (χ3n) is 4.06. The Kier molecular flexibility index (Phi) is 4.04. The third kappa shape index (κ3) is 2.80. The molecule has 0 bridgehead atoms. The number of aryl methyl sites for hydroxylation is 1. The second kappa shape index (κ2) is 5.86. The number of ether oxygens (including phenoxy) is 2. The molecule has 3 rings (SSSR count). The molecule has 1 heterocycles. The number of hydrogen-bond acceptors (Lipinski definition) is 4. The number of sulfonamides is 1. The minimum absolute atomic E-state index is 0.315. The maximum atomic E-state index is 12.8. The maximum absolute atomic E-state index is 12.8. The molecule has 0 amide bonds. The highest BCUT2D eigenvalue weighted by Gasteiger charge is 2.31. The first-order valence-corrected chi connectivity index (χ1v) is 8.70. The van der Waals surface area contributed by atoms with Gasteiger partial charge >= 0.3 is 0 Å². The summed E-state index contributed by atoms with van der Waals surface area (Å²) in [6.07, 6.45) is 0. The van der Waals surface area contributed by atoms with E-state index in [1.807, 2.05) is 31.2 Å². The first-order chi connectivity index (χ1) is 11.0. The van der Waals surface area contributed by atoms with E-state index in [9.17, 15) is 8.42 Å². The van der Waals surface area contributed by atoms with Gasteiger partial charge in [-0.25, -0.2) is 8.42 Å². The SMILES string of the molecule is COc1cc2c(cc1OC)CN(S(=O)(=O)c1ccc(C)cc1)C2. The Morgan fingerprint density at radius 2 is 1.39 bits per heavy atom. The molecule has 2 aromatic rings. The molecule has 6 heteroatoms. The second-order valence-electron chi connectivity index (χ2n) is 5.56. The van der Waals surface area contributed by atoms with Crippen LogP contribution in [0.2, 0.25) is 0 Å². The largest absolute Gasteiger partial charge is 0.493 e. The van der Waals surface area contributed by atoms with Crippen molar-refractivity contribution in [2.24, 2.45) is 0 Å². The Bertz CT molecular complexity index is 795. The van der Waals surface area contributed by atoms with E-state index in [1.165, 1.54) is 4.31 Å². The molecule has 1 aliphatic heterocycles. The van der Waals surface area contributed by atoms with Gasteiger partial charge in [-0.2, -0.15) is 4.31 Å². The van der Waals surface area contributed by atoms with Gasteiger partial charge in [-0.1, -0.05) is 17.7 Å². The Morgan fingerprint density at radius 1 is 0.913 bits per heavy atom. The molecule has 0 aromatic heterocycles. The van der Waals surface area contributed by atoms with Gasteiger partial charge in [0, 0.05) is 13.1 Å². The molecular weight excluding hydrogens is 314 g/mol. The van der Waals surface area contributed by atoms with Crippen LogP contribution in [0.3, 0.4) is 0 Å². The van der Waals surface area contributed by atoms with Crippen LogP contribution in [0.25, 0.3) is 0 Å². The van der Waals surface area contributed by atoms with Crippen molar-refractivity contribution in [3.05, 3.63) is 53.1 Å². The van der Waals surface area contributed by atoms with Crippen molar-refractivity contribution in [1.29, 1.82) is 0 Å². The standard InChI is InChI=1S/C17H19NO4S/c1-12-4-6-15(7-5-12)23(19,20)18-10-13-8-16(21-2)17(22-3)9-14(13)11-18/h4-9H,10-11H2,1-3H3. The van der Waals surface area contributed by atoms with Crippen molar-refractivity contribution in [3.63, 3.8) is 0 Å². The zero-order valence-electron chi connectivity index (χ0n) is 13.4. The molecule has 5 nitrogen and oxygen atoms in total. The van der Waals surface area contributed by atoms with Crippen molar-refractivity contribution >= 4 is 10.0 Å². The molecule has 122 valence electrons. The van der Waals surface area contributed by atoms with Crippen molar-refractivity contribution in [2.45, 2.75) is 24.9 Å². The maximum Gasteiger partial charge on any atom is 0.243 e. The number of fused-ring (bicyclic) bond motifs is 1. The molecule has 0 radical (unpaired) electrons. The van der Waals surface area contributed by atoms with Crippen molar-refractivity contribution in [3.8, 4) is 11.5 Å². The van der Waals surface area contributed by atoms with E-state index < -0.39 is 10.0 Å². The molecule has 0 saturated heterocycles. The summed E-state index contributed by atoms with van der Waals surface area (Å²) in [7, 11) is -0.372. The van der Waals surface area contributed by atoms with Gasteiger partial charge in [0.2, 0.25) is 10.0 Å². The first-order valence-electron chi connectivity index (χ1n) is 7.26. The topological polar surface area (TPSA) is 55.8 Å². The molecule has 0 N–H and O–H groups in total. The predicted molar refractivity (Wildman–Crippen MR) is 87.2 cm³/mol. The van der Waals surface area contributed by atoms with Crippen LogP contribution in [0.5, 0.6) is 11.5 Å². The average molecular weight is 333 g/mol. The summed E-state index contributed by atoms with van der Waals surface area (Å²) in [4.78, 5) is 0.315. The van der Waals surface area contributed by atoms with Crippen molar-refractivity contribution in [2.75, 3.05) is 14.2 Å². The number of nitrogens with zero attached hydrogens (tertiary/aromatic N) is 1. The van der Waals surface area contributed by atoms with E-state index in [0.29, 0.717) is 29.5 Å². The van der Waals surface area contributed by atoms with Crippen LogP contribution in [0, 0.1) is 6.92 Å². The van der Waals surface area contributed by atoms with E-state index in [1.54, 1.807) is 26.4 Å². The summed E-state index contributed by atoms with van der Waals surface area (Å²) in [5.41, 5.74) is 2.92. The molecular formula is C17H19NO4S. The Morgan fingerprint density at radius 3 is 1.83 bits per heavy atom. The minimum atomic E-state index is -3.51. The number of benzene rings is 2. The fourth-order valence-electron chi connectivity index (χ4n) is 2.72. The number of methoxy groups -OCH3 is 2. The average Bonchev–Trinajstić information content (AvgIpc) is 2.97. The van der Waals surface area contributed by atoms with Gasteiger partial charge < -0.3 is 9.47 Å². The fourth-order valence-corrected chi connectivity index (χ4v) is 4.12. The highest BCUT2D eigenvalue weighted by atomic mass is 32.2. The lowest BCUT2D eigenvalue weighted by atomic mass is 10.1. The molecule has 0 fully saturated rings. The number of rotatable bonds is 4. The first kappa shape index (κ1) is 15.8. The summed E-state index contributed by atoms with van der Waals surface area (Å²) < 4.78 is 37.6. The molecule has 0 unspecified atom stereocenters. The summed E-state index contributed by atoms with van der Waals surface area (Å²) in [6, 6.07) is 10.6. The lowest BCUT2D eigenvalue weighted by Gasteiger charge is -2.15. The molecule has 23 heavy (non-hydrogen) atoms. The van der Waals surface area contributed by atoms with E-state index in [2.05, 4.69) is 0 Å². The van der Waals surface area contributed by atoms with Gasteiger partial charge in [0.1, 0.15) is 0 Å². The van der Waals surface area contributed by atoms with Crippen LogP contribution in [0.1, 0.15) is 16.7 Å². The fraction of sp³-hybridized carbons (Fsp3) is 0.294. The van der Waals surface area contributed by atoms with Gasteiger partial charge in [0.25, 0.3) is 0 Å². The second-order valence-corrected chi connectivity index (χ2v) is 7.50. The lowest BCUT2D eigenvalue weighted by Crippen LogP contribution is -2.25. The third-order valence-corrected chi connectivity index (χ3v) is 5.86. The van der Waals surface area contributed by atoms with Gasteiger partial charge in [0.15, 0.2) is 11.5 Å². The molecule has 0 saturated carbocycles. The van der Waals surface area contributed by atoms with Gasteiger partial charge in [-0.3, -0.25) is 0 Å². The zero-order valence-corrected chi connectivity index (χ0v) is 14.2. The molecule has 0 spiro atoms. The minimum Gasteiger partial charge on any atom is -0.493 e. The zero-order chi connectivity index (χ0) is 16.6. The van der Waals surface area contributed by atoms with Gasteiger partial charge in [-0.05, 0) is 42.3 Å². The summed E-state index contributed by atoms with van der Waals surface area (Å²) in [5.74, 6) is 1.22. The monoisotopic (exact) mass is 333 g/mol. The smallest absolute Gasteiger partial charge is 0.243 e. The number of hydrogen-bond donors (Lipinski definition) is 0. The van der Waals surface area contributed by atoms with E-state index in [0.717, 1.165) is 16.7 Å².